The normalized spacial score (nSPS) is 11.4. The number of nitrogens with zero attached hydrogens (tertiary/aromatic N) is 4. The van der Waals surface area contributed by atoms with E-state index in [-0.39, 0.29) is 11.5 Å². The van der Waals surface area contributed by atoms with Crippen LogP contribution >= 0.6 is 0 Å². The lowest BCUT2D eigenvalue weighted by Gasteiger charge is -2.05. The summed E-state index contributed by atoms with van der Waals surface area (Å²) in [6.45, 7) is 1.82. The summed E-state index contributed by atoms with van der Waals surface area (Å²) in [6.07, 6.45) is 2.88. The first-order valence-electron chi connectivity index (χ1n) is 10.5. The van der Waals surface area contributed by atoms with Crippen LogP contribution in [0.4, 0.5) is 5.69 Å². The highest BCUT2D eigenvalue weighted by atomic mass is 32.2. The van der Waals surface area contributed by atoms with Crippen molar-refractivity contribution in [3.05, 3.63) is 107 Å². The molecule has 4 aromatic rings. The number of benzene rings is 2. The van der Waals surface area contributed by atoms with Crippen LogP contribution in [0.3, 0.4) is 0 Å². The third kappa shape index (κ3) is 6.07. The SMILES string of the molecule is Cc1cc(C(=O)Nc2cccc(C#Cc3cncc(C(=O)N=[S-](=O)c4ccccc4)c3)c2)n(C)n1. The van der Waals surface area contributed by atoms with Crippen LogP contribution in [0.25, 0.3) is 0 Å². The van der Waals surface area contributed by atoms with Crippen molar-refractivity contribution >= 4 is 28.1 Å². The Morgan fingerprint density at radius 2 is 1.74 bits per heavy atom. The lowest BCUT2D eigenvalue weighted by Crippen LogP contribution is -2.16. The van der Waals surface area contributed by atoms with Gasteiger partial charge in [-0.1, -0.05) is 53.1 Å². The van der Waals surface area contributed by atoms with E-state index < -0.39 is 16.5 Å². The van der Waals surface area contributed by atoms with Gasteiger partial charge in [0.1, 0.15) is 5.69 Å². The van der Waals surface area contributed by atoms with E-state index >= 15 is 0 Å². The number of anilines is 1. The molecule has 0 spiro atoms. The van der Waals surface area contributed by atoms with Crippen LogP contribution < -0.4 is 5.32 Å². The molecule has 0 aliphatic heterocycles. The van der Waals surface area contributed by atoms with E-state index in [9.17, 15) is 13.8 Å². The molecule has 2 aromatic carbocycles. The maximum atomic E-state index is 12.5. The predicted molar refractivity (Wildman–Crippen MR) is 132 cm³/mol. The van der Waals surface area contributed by atoms with E-state index in [1.54, 1.807) is 73.8 Å². The number of hydrogen-bond acceptors (Lipinski definition) is 6. The minimum atomic E-state index is -1.80. The molecule has 0 unspecified atom stereocenters. The van der Waals surface area contributed by atoms with E-state index in [0.717, 1.165) is 5.69 Å². The zero-order valence-corrected chi connectivity index (χ0v) is 19.7. The Kier molecular flexibility index (Phi) is 7.14. The van der Waals surface area contributed by atoms with Crippen LogP contribution in [0.15, 0.2) is 88.4 Å². The van der Waals surface area contributed by atoms with Crippen LogP contribution in [0, 0.1) is 18.8 Å². The van der Waals surface area contributed by atoms with Gasteiger partial charge in [-0.3, -0.25) is 19.3 Å². The first kappa shape index (κ1) is 23.6. The average molecular weight is 483 g/mol. The number of pyridine rings is 1. The summed E-state index contributed by atoms with van der Waals surface area (Å²) in [7, 11) is -0.0926. The fraction of sp³-hybridized carbons (Fsp3) is 0.0769. The second kappa shape index (κ2) is 10.6. The van der Waals surface area contributed by atoms with Crippen molar-refractivity contribution in [2.45, 2.75) is 11.8 Å². The number of aryl methyl sites for hydroxylation is 2. The van der Waals surface area contributed by atoms with Gasteiger partial charge < -0.3 is 13.9 Å². The molecule has 8 nitrogen and oxygen atoms in total. The largest absolute Gasteiger partial charge is 0.440 e. The number of hydrogen-bond donors (Lipinski definition) is 1. The fourth-order valence-electron chi connectivity index (χ4n) is 3.18. The van der Waals surface area contributed by atoms with Crippen LogP contribution in [0.1, 0.15) is 37.7 Å². The van der Waals surface area contributed by atoms with Gasteiger partial charge in [0.05, 0.1) is 11.3 Å². The number of nitrogens with one attached hydrogen (secondary N) is 1. The van der Waals surface area contributed by atoms with Crippen LogP contribution in [-0.2, 0) is 21.9 Å². The Balaban J connectivity index is 1.49. The van der Waals surface area contributed by atoms with Crippen molar-refractivity contribution in [3.63, 3.8) is 0 Å². The molecule has 0 atom stereocenters. The number of carbonyl (C=O) groups is 2. The van der Waals surface area contributed by atoms with Crippen LogP contribution in [0.5, 0.6) is 0 Å². The predicted octanol–water partition coefficient (Wildman–Crippen LogP) is 4.12. The summed E-state index contributed by atoms with van der Waals surface area (Å²) in [5.41, 5.74) is 3.14. The van der Waals surface area contributed by atoms with Gasteiger partial charge in [0.25, 0.3) is 11.8 Å². The van der Waals surface area contributed by atoms with Gasteiger partial charge in [0, 0.05) is 36.3 Å². The van der Waals surface area contributed by atoms with Gasteiger partial charge in [0.2, 0.25) is 0 Å². The fourth-order valence-corrected chi connectivity index (χ4v) is 3.93. The molecule has 174 valence electrons. The van der Waals surface area contributed by atoms with Gasteiger partial charge in [-0.2, -0.15) is 15.7 Å². The monoisotopic (exact) mass is 482 g/mol. The third-order valence-corrected chi connectivity index (χ3v) is 5.81. The Morgan fingerprint density at radius 1 is 0.971 bits per heavy atom. The topological polar surface area (TPSA) is 106 Å². The van der Waals surface area contributed by atoms with Crippen molar-refractivity contribution in [1.82, 2.24) is 14.8 Å². The molecule has 35 heavy (non-hydrogen) atoms. The number of rotatable bonds is 4. The van der Waals surface area contributed by atoms with E-state index in [0.29, 0.717) is 27.4 Å². The molecule has 0 radical (unpaired) electrons. The van der Waals surface area contributed by atoms with E-state index in [2.05, 4.69) is 31.6 Å². The maximum Gasteiger partial charge on any atom is 0.273 e. The van der Waals surface area contributed by atoms with Gasteiger partial charge in [-0.15, -0.1) is 0 Å². The molecule has 0 aliphatic carbocycles. The summed E-state index contributed by atoms with van der Waals surface area (Å²) >= 11 is 0. The van der Waals surface area contributed by atoms with Crippen molar-refractivity contribution < 1.29 is 13.8 Å². The minimum Gasteiger partial charge on any atom is -0.440 e. The standard InChI is InChI=1S/C26H20N5O3S/c1-18-13-24(31(2)29-18)26(33)28-22-8-6-7-19(15-22)11-12-20-14-21(17-27-16-20)25(32)30-35(34)23-9-4-3-5-10-23/h3-10,13-17H,1-2H3,(H,28,33)/q-1. The van der Waals surface area contributed by atoms with Gasteiger partial charge >= 0.3 is 0 Å². The highest BCUT2D eigenvalue weighted by molar-refractivity contribution is 7.75. The highest BCUT2D eigenvalue weighted by Gasteiger charge is 2.12. The second-order valence-corrected chi connectivity index (χ2v) is 8.65. The van der Waals surface area contributed by atoms with Crippen molar-refractivity contribution in [3.8, 4) is 11.8 Å². The van der Waals surface area contributed by atoms with Crippen molar-refractivity contribution in [2.24, 2.45) is 11.4 Å². The molecule has 2 heterocycles. The minimum absolute atomic E-state index is 0.188. The lowest BCUT2D eigenvalue weighted by molar-refractivity contribution is 0.0999. The smallest absolute Gasteiger partial charge is 0.273 e. The number of aromatic nitrogens is 3. The van der Waals surface area contributed by atoms with E-state index in [1.807, 2.05) is 6.92 Å². The highest BCUT2D eigenvalue weighted by Crippen LogP contribution is 2.13. The number of amides is 2. The molecule has 1 N–H and O–H groups in total. The quantitative estimate of drug-likeness (QED) is 0.348. The molecule has 0 fully saturated rings. The average Bonchev–Trinajstić information content (AvgIpc) is 3.21. The van der Waals surface area contributed by atoms with Crippen LogP contribution in [-0.4, -0.2) is 26.6 Å². The number of carbonyl (C=O) groups excluding carboxylic acids is 2. The Bertz CT molecular complexity index is 1560. The summed E-state index contributed by atoms with van der Waals surface area (Å²) in [5.74, 6) is 5.05. The summed E-state index contributed by atoms with van der Waals surface area (Å²) in [4.78, 5) is 29.5. The Morgan fingerprint density at radius 3 is 2.49 bits per heavy atom. The summed E-state index contributed by atoms with van der Waals surface area (Å²) in [5, 5.41) is 7.03. The molecule has 0 bridgehead atoms. The molecule has 2 amide bonds. The lowest BCUT2D eigenvalue weighted by atomic mass is 10.1. The molecule has 9 heteroatoms. The molecule has 2 aromatic heterocycles. The van der Waals surface area contributed by atoms with Crippen molar-refractivity contribution in [2.75, 3.05) is 5.32 Å². The summed E-state index contributed by atoms with van der Waals surface area (Å²) in [6, 6.07) is 18.9. The molecular weight excluding hydrogens is 462 g/mol. The van der Waals surface area contributed by atoms with Crippen molar-refractivity contribution in [1.29, 1.82) is 0 Å². The van der Waals surface area contributed by atoms with Crippen LogP contribution in [0.2, 0.25) is 0 Å². The first-order chi connectivity index (χ1) is 16.9. The second-order valence-electron chi connectivity index (χ2n) is 7.50. The van der Waals surface area contributed by atoms with Gasteiger partial charge in [-0.25, -0.2) is 0 Å². The first-order valence-corrected chi connectivity index (χ1v) is 11.6. The van der Waals surface area contributed by atoms with Gasteiger partial charge in [-0.05, 0) is 37.3 Å². The zero-order chi connectivity index (χ0) is 24.8. The zero-order valence-electron chi connectivity index (χ0n) is 18.9. The molecule has 0 saturated carbocycles. The molecule has 0 saturated heterocycles. The third-order valence-electron chi connectivity index (χ3n) is 4.80. The van der Waals surface area contributed by atoms with E-state index in [4.69, 9.17) is 0 Å². The maximum absolute atomic E-state index is 12.5. The Labute approximate surface area is 204 Å². The molecule has 4 rings (SSSR count). The summed E-state index contributed by atoms with van der Waals surface area (Å²) < 4.78 is 17.6. The molecular formula is C26H20N5O3S-. The van der Waals surface area contributed by atoms with Gasteiger partial charge in [0.15, 0.2) is 0 Å². The van der Waals surface area contributed by atoms with E-state index in [1.165, 1.54) is 17.1 Å². The molecule has 0 aliphatic rings. The Hall–Kier alpha value is -4.55.